The van der Waals surface area contributed by atoms with Crippen molar-refractivity contribution in [2.24, 2.45) is 0 Å². The highest BCUT2D eigenvalue weighted by Gasteiger charge is 2.46. The molecule has 4 rings (SSSR count). The van der Waals surface area contributed by atoms with Crippen LogP contribution in [0.1, 0.15) is 30.3 Å². The van der Waals surface area contributed by atoms with E-state index in [0.29, 0.717) is 51.2 Å². The van der Waals surface area contributed by atoms with Gasteiger partial charge in [-0.25, -0.2) is 4.98 Å². The molecule has 6 heteroatoms. The maximum absolute atomic E-state index is 13.3. The van der Waals surface area contributed by atoms with Crippen LogP contribution in [-0.4, -0.2) is 60.9 Å². The summed E-state index contributed by atoms with van der Waals surface area (Å²) in [5.74, 6) is 0.448. The van der Waals surface area contributed by atoms with Crippen molar-refractivity contribution in [1.29, 1.82) is 0 Å². The summed E-state index contributed by atoms with van der Waals surface area (Å²) in [5.41, 5.74) is 0.0515. The number of benzene rings is 1. The van der Waals surface area contributed by atoms with Gasteiger partial charge in [0.1, 0.15) is 5.69 Å². The van der Waals surface area contributed by atoms with Gasteiger partial charge in [0, 0.05) is 18.5 Å². The Labute approximate surface area is 153 Å². The van der Waals surface area contributed by atoms with E-state index in [2.05, 4.69) is 11.9 Å². The van der Waals surface area contributed by atoms with Gasteiger partial charge in [0.25, 0.3) is 5.91 Å². The Balaban J connectivity index is 1.72. The normalized spacial score (nSPS) is 22.9. The van der Waals surface area contributed by atoms with E-state index in [1.165, 1.54) is 0 Å². The number of pyridine rings is 1. The van der Waals surface area contributed by atoms with Crippen molar-refractivity contribution < 1.29 is 19.0 Å². The van der Waals surface area contributed by atoms with Gasteiger partial charge >= 0.3 is 0 Å². The molecule has 3 heterocycles. The summed E-state index contributed by atoms with van der Waals surface area (Å²) >= 11 is 0. The number of ether oxygens (including phenoxy) is 3. The van der Waals surface area contributed by atoms with Crippen molar-refractivity contribution in [2.75, 3.05) is 39.6 Å². The van der Waals surface area contributed by atoms with E-state index >= 15 is 0 Å². The predicted octanol–water partition coefficient (Wildman–Crippen LogP) is 2.66. The minimum absolute atomic E-state index is 0.0779. The minimum Gasteiger partial charge on any atom is -0.477 e. The zero-order valence-corrected chi connectivity index (χ0v) is 15.1. The summed E-state index contributed by atoms with van der Waals surface area (Å²) in [6.07, 6.45) is 1.68. The van der Waals surface area contributed by atoms with Gasteiger partial charge in [-0.3, -0.25) is 4.79 Å². The van der Waals surface area contributed by atoms with E-state index < -0.39 is 0 Å². The second-order valence-electron chi connectivity index (χ2n) is 6.92. The van der Waals surface area contributed by atoms with Crippen LogP contribution in [0.25, 0.3) is 10.8 Å². The third-order valence-corrected chi connectivity index (χ3v) is 5.10. The first-order valence-electron chi connectivity index (χ1n) is 9.23. The van der Waals surface area contributed by atoms with Gasteiger partial charge in [0.05, 0.1) is 32.0 Å². The molecule has 0 bridgehead atoms. The quantitative estimate of drug-likeness (QED) is 0.843. The van der Waals surface area contributed by atoms with E-state index in [1.54, 1.807) is 0 Å². The van der Waals surface area contributed by atoms with E-state index in [0.717, 1.165) is 23.6 Å². The van der Waals surface area contributed by atoms with E-state index in [1.807, 2.05) is 35.2 Å². The molecular formula is C20H24N2O4. The van der Waals surface area contributed by atoms with Gasteiger partial charge in [-0.15, -0.1) is 0 Å². The summed E-state index contributed by atoms with van der Waals surface area (Å²) in [6, 6.07) is 9.73. The lowest BCUT2D eigenvalue weighted by molar-refractivity contribution is -0.0553. The molecule has 6 nitrogen and oxygen atoms in total. The average molecular weight is 356 g/mol. The Morgan fingerprint density at radius 3 is 2.88 bits per heavy atom. The molecule has 2 aromatic rings. The Morgan fingerprint density at radius 1 is 1.27 bits per heavy atom. The zero-order valence-electron chi connectivity index (χ0n) is 15.1. The molecule has 1 spiro atoms. The Kier molecular flexibility index (Phi) is 4.78. The summed E-state index contributed by atoms with van der Waals surface area (Å²) < 4.78 is 17.1. The molecule has 0 radical (unpaired) electrons. The number of carbonyl (C=O) groups excluding carboxylic acids is 1. The maximum atomic E-state index is 13.3. The van der Waals surface area contributed by atoms with Gasteiger partial charge in [-0.1, -0.05) is 25.1 Å². The molecule has 1 unspecified atom stereocenters. The number of fused-ring (bicyclic) bond motifs is 1. The first-order chi connectivity index (χ1) is 12.7. The van der Waals surface area contributed by atoms with Crippen molar-refractivity contribution in [1.82, 2.24) is 9.88 Å². The number of nitrogens with zero attached hydrogens (tertiary/aromatic N) is 2. The van der Waals surface area contributed by atoms with Crippen LogP contribution in [0.4, 0.5) is 0 Å². The predicted molar refractivity (Wildman–Crippen MR) is 97.6 cm³/mol. The fourth-order valence-corrected chi connectivity index (χ4v) is 3.70. The van der Waals surface area contributed by atoms with Gasteiger partial charge in [-0.2, -0.15) is 0 Å². The lowest BCUT2D eigenvalue weighted by Gasteiger charge is -2.43. The molecule has 2 aliphatic rings. The highest BCUT2D eigenvalue weighted by atomic mass is 16.5. The van der Waals surface area contributed by atoms with Gasteiger partial charge in [-0.05, 0) is 30.4 Å². The summed E-state index contributed by atoms with van der Waals surface area (Å²) in [5, 5.41) is 1.89. The molecule has 2 saturated heterocycles. The molecule has 1 atom stereocenters. The van der Waals surface area contributed by atoms with Crippen molar-refractivity contribution in [3.8, 4) is 5.88 Å². The third-order valence-electron chi connectivity index (χ3n) is 5.10. The van der Waals surface area contributed by atoms with Crippen LogP contribution in [0.15, 0.2) is 30.3 Å². The average Bonchev–Trinajstić information content (AvgIpc) is 3.14. The largest absolute Gasteiger partial charge is 0.477 e. The van der Waals surface area contributed by atoms with Crippen LogP contribution in [0.2, 0.25) is 0 Å². The molecule has 0 saturated carbocycles. The van der Waals surface area contributed by atoms with Crippen molar-refractivity contribution in [2.45, 2.75) is 25.3 Å². The smallest absolute Gasteiger partial charge is 0.273 e. The highest BCUT2D eigenvalue weighted by Crippen LogP contribution is 2.32. The van der Waals surface area contributed by atoms with Crippen LogP contribution in [0.5, 0.6) is 5.88 Å². The molecule has 1 aromatic heterocycles. The summed E-state index contributed by atoms with van der Waals surface area (Å²) in [6.45, 7) is 5.42. The second-order valence-corrected chi connectivity index (χ2v) is 6.92. The van der Waals surface area contributed by atoms with Gasteiger partial charge in [0.2, 0.25) is 5.88 Å². The molecule has 138 valence electrons. The number of morpholine rings is 1. The third kappa shape index (κ3) is 3.04. The molecule has 0 N–H and O–H groups in total. The van der Waals surface area contributed by atoms with Gasteiger partial charge < -0.3 is 19.1 Å². The van der Waals surface area contributed by atoms with Crippen LogP contribution in [-0.2, 0) is 9.47 Å². The van der Waals surface area contributed by atoms with Crippen LogP contribution >= 0.6 is 0 Å². The number of hydrogen-bond donors (Lipinski definition) is 0. The lowest BCUT2D eigenvalue weighted by Crippen LogP contribution is -2.59. The number of rotatable bonds is 4. The molecular weight excluding hydrogens is 332 g/mol. The molecule has 2 fully saturated rings. The SMILES string of the molecule is CCCOc1nc(C(=O)N2CCOCC23CCOC3)cc2ccccc12. The second kappa shape index (κ2) is 7.21. The molecule has 2 aliphatic heterocycles. The molecule has 1 amide bonds. The fraction of sp³-hybridized carbons (Fsp3) is 0.500. The van der Waals surface area contributed by atoms with Crippen LogP contribution in [0, 0.1) is 0 Å². The Hall–Kier alpha value is -2.18. The number of carbonyl (C=O) groups is 1. The van der Waals surface area contributed by atoms with E-state index in [9.17, 15) is 4.79 Å². The van der Waals surface area contributed by atoms with Crippen LogP contribution < -0.4 is 4.74 Å². The topological polar surface area (TPSA) is 60.9 Å². The fourth-order valence-electron chi connectivity index (χ4n) is 3.70. The lowest BCUT2D eigenvalue weighted by atomic mass is 9.95. The number of hydrogen-bond acceptors (Lipinski definition) is 5. The van der Waals surface area contributed by atoms with Crippen molar-refractivity contribution in [3.63, 3.8) is 0 Å². The maximum Gasteiger partial charge on any atom is 0.273 e. The standard InChI is InChI=1S/C20H24N2O4/c1-2-9-26-18-16-6-4-3-5-15(16)12-17(21-18)19(23)22-8-11-25-14-20(22)7-10-24-13-20/h3-6,12H,2,7-11,13-14H2,1H3. The minimum atomic E-state index is -0.368. The number of aromatic nitrogens is 1. The summed E-state index contributed by atoms with van der Waals surface area (Å²) in [4.78, 5) is 19.8. The highest BCUT2D eigenvalue weighted by molar-refractivity contribution is 5.98. The molecule has 1 aromatic carbocycles. The molecule has 0 aliphatic carbocycles. The Morgan fingerprint density at radius 2 is 2.08 bits per heavy atom. The van der Waals surface area contributed by atoms with Crippen LogP contribution in [0.3, 0.4) is 0 Å². The van der Waals surface area contributed by atoms with E-state index in [4.69, 9.17) is 14.2 Å². The first kappa shape index (κ1) is 17.2. The molecule has 26 heavy (non-hydrogen) atoms. The van der Waals surface area contributed by atoms with E-state index in [-0.39, 0.29) is 11.4 Å². The van der Waals surface area contributed by atoms with Gasteiger partial charge in [0.15, 0.2) is 0 Å². The first-order valence-corrected chi connectivity index (χ1v) is 9.23. The van der Waals surface area contributed by atoms with Crippen molar-refractivity contribution in [3.05, 3.63) is 36.0 Å². The number of amides is 1. The van der Waals surface area contributed by atoms with Crippen molar-refractivity contribution >= 4 is 16.7 Å². The Bertz CT molecular complexity index is 801. The monoisotopic (exact) mass is 356 g/mol. The zero-order chi connectivity index (χ0) is 18.0. The summed E-state index contributed by atoms with van der Waals surface area (Å²) in [7, 11) is 0.